The smallest absolute Gasteiger partial charge is 0.0139 e. The van der Waals surface area contributed by atoms with E-state index in [9.17, 15) is 0 Å². The number of likely N-dealkylation sites (tertiary alicyclic amines) is 1. The number of rotatable bonds is 1. The van der Waals surface area contributed by atoms with Crippen LogP contribution in [0.3, 0.4) is 0 Å². The molecule has 0 amide bonds. The van der Waals surface area contributed by atoms with Gasteiger partial charge in [0.05, 0.1) is 0 Å². The maximum atomic E-state index is 3.55. The quantitative estimate of drug-likeness (QED) is 0.649. The molecule has 3 fully saturated rings. The molecule has 2 nitrogen and oxygen atoms in total. The lowest BCUT2D eigenvalue weighted by Gasteiger charge is -2.28. The molecule has 2 heterocycles. The Morgan fingerprint density at radius 1 is 1.00 bits per heavy atom. The monoisotopic (exact) mass is 180 g/mol. The standard InChI is InChI=1S/C11H20N2/c1-2-6-13(5-1)11-4-3-9-7-12-8-10(9)11/h9-12H,1-8H2. The SMILES string of the molecule is C1CCN(C2CCC3CNCC32)C1. The Bertz CT molecular complexity index is 187. The fraction of sp³-hybridized carbons (Fsp3) is 1.00. The third-order valence-corrected chi connectivity index (χ3v) is 4.33. The summed E-state index contributed by atoms with van der Waals surface area (Å²) in [5.41, 5.74) is 0. The molecule has 13 heavy (non-hydrogen) atoms. The Morgan fingerprint density at radius 2 is 1.85 bits per heavy atom. The Balaban J connectivity index is 1.70. The van der Waals surface area contributed by atoms with Gasteiger partial charge in [0.2, 0.25) is 0 Å². The molecule has 3 atom stereocenters. The van der Waals surface area contributed by atoms with Gasteiger partial charge in [0, 0.05) is 6.04 Å². The van der Waals surface area contributed by atoms with Crippen molar-refractivity contribution in [2.75, 3.05) is 26.2 Å². The lowest BCUT2D eigenvalue weighted by atomic mass is 9.97. The molecular formula is C11H20N2. The zero-order valence-corrected chi connectivity index (χ0v) is 8.34. The Labute approximate surface area is 80.7 Å². The van der Waals surface area contributed by atoms with Gasteiger partial charge in [-0.1, -0.05) is 0 Å². The van der Waals surface area contributed by atoms with Gasteiger partial charge in [0.25, 0.3) is 0 Å². The van der Waals surface area contributed by atoms with Gasteiger partial charge in [-0.15, -0.1) is 0 Å². The van der Waals surface area contributed by atoms with Crippen molar-refractivity contribution in [1.29, 1.82) is 0 Å². The van der Waals surface area contributed by atoms with Crippen LogP contribution in [0.2, 0.25) is 0 Å². The van der Waals surface area contributed by atoms with Gasteiger partial charge in [-0.25, -0.2) is 0 Å². The van der Waals surface area contributed by atoms with Crippen molar-refractivity contribution in [2.45, 2.75) is 31.7 Å². The van der Waals surface area contributed by atoms with Gasteiger partial charge < -0.3 is 10.2 Å². The minimum absolute atomic E-state index is 0.947. The maximum absolute atomic E-state index is 3.55. The van der Waals surface area contributed by atoms with E-state index < -0.39 is 0 Å². The van der Waals surface area contributed by atoms with Crippen LogP contribution in [0.4, 0.5) is 0 Å². The first-order valence-electron chi connectivity index (χ1n) is 5.90. The molecule has 2 saturated heterocycles. The molecule has 3 aliphatic rings. The number of hydrogen-bond donors (Lipinski definition) is 1. The van der Waals surface area contributed by atoms with Crippen molar-refractivity contribution >= 4 is 0 Å². The van der Waals surface area contributed by atoms with E-state index in [1.807, 2.05) is 0 Å². The number of nitrogens with zero attached hydrogens (tertiary/aromatic N) is 1. The minimum atomic E-state index is 0.947. The lowest BCUT2D eigenvalue weighted by Crippen LogP contribution is -2.37. The van der Waals surface area contributed by atoms with Crippen LogP contribution in [0.25, 0.3) is 0 Å². The predicted molar refractivity (Wildman–Crippen MR) is 53.7 cm³/mol. The molecule has 1 aliphatic carbocycles. The molecule has 0 spiro atoms. The van der Waals surface area contributed by atoms with Crippen LogP contribution < -0.4 is 5.32 Å². The van der Waals surface area contributed by atoms with Crippen LogP contribution in [0.15, 0.2) is 0 Å². The molecular weight excluding hydrogens is 160 g/mol. The van der Waals surface area contributed by atoms with Crippen LogP contribution in [-0.4, -0.2) is 37.1 Å². The predicted octanol–water partition coefficient (Wildman–Crippen LogP) is 1.08. The topological polar surface area (TPSA) is 15.3 Å². The van der Waals surface area contributed by atoms with E-state index in [-0.39, 0.29) is 0 Å². The molecule has 3 rings (SSSR count). The van der Waals surface area contributed by atoms with Gasteiger partial charge in [0.15, 0.2) is 0 Å². The average molecular weight is 180 g/mol. The maximum Gasteiger partial charge on any atom is 0.0139 e. The van der Waals surface area contributed by atoms with Crippen LogP contribution in [0.5, 0.6) is 0 Å². The minimum Gasteiger partial charge on any atom is -0.316 e. The van der Waals surface area contributed by atoms with Crippen LogP contribution >= 0.6 is 0 Å². The van der Waals surface area contributed by atoms with Crippen molar-refractivity contribution in [3.63, 3.8) is 0 Å². The summed E-state index contributed by atoms with van der Waals surface area (Å²) in [7, 11) is 0. The molecule has 1 saturated carbocycles. The van der Waals surface area contributed by atoms with Crippen LogP contribution in [0, 0.1) is 11.8 Å². The van der Waals surface area contributed by atoms with E-state index in [0.29, 0.717) is 0 Å². The van der Waals surface area contributed by atoms with Crippen molar-refractivity contribution in [1.82, 2.24) is 10.2 Å². The van der Waals surface area contributed by atoms with Gasteiger partial charge >= 0.3 is 0 Å². The Kier molecular flexibility index (Phi) is 2.06. The van der Waals surface area contributed by atoms with Gasteiger partial charge in [0.1, 0.15) is 0 Å². The highest BCUT2D eigenvalue weighted by molar-refractivity contribution is 4.97. The first-order valence-corrected chi connectivity index (χ1v) is 5.90. The second-order valence-electron chi connectivity index (χ2n) is 4.97. The molecule has 0 bridgehead atoms. The van der Waals surface area contributed by atoms with Gasteiger partial charge in [-0.3, -0.25) is 0 Å². The molecule has 1 N–H and O–H groups in total. The van der Waals surface area contributed by atoms with Crippen molar-refractivity contribution in [3.8, 4) is 0 Å². The summed E-state index contributed by atoms with van der Waals surface area (Å²) in [6.07, 6.45) is 5.86. The van der Waals surface area contributed by atoms with E-state index in [2.05, 4.69) is 10.2 Å². The fourth-order valence-electron chi connectivity index (χ4n) is 3.65. The summed E-state index contributed by atoms with van der Waals surface area (Å²) in [6, 6.07) is 0.947. The molecule has 2 heteroatoms. The number of hydrogen-bond acceptors (Lipinski definition) is 2. The Morgan fingerprint density at radius 3 is 2.69 bits per heavy atom. The largest absolute Gasteiger partial charge is 0.316 e. The summed E-state index contributed by atoms with van der Waals surface area (Å²) >= 11 is 0. The number of nitrogens with one attached hydrogen (secondary N) is 1. The molecule has 0 aromatic carbocycles. The number of fused-ring (bicyclic) bond motifs is 1. The van der Waals surface area contributed by atoms with E-state index in [1.165, 1.54) is 51.9 Å². The summed E-state index contributed by atoms with van der Waals surface area (Å²) in [5.74, 6) is 2.02. The second kappa shape index (κ2) is 3.25. The zero-order chi connectivity index (χ0) is 8.67. The third-order valence-electron chi connectivity index (χ3n) is 4.33. The van der Waals surface area contributed by atoms with E-state index in [1.54, 1.807) is 0 Å². The average Bonchev–Trinajstić information content (AvgIpc) is 2.79. The van der Waals surface area contributed by atoms with Crippen LogP contribution in [0.1, 0.15) is 25.7 Å². The molecule has 3 unspecified atom stereocenters. The van der Waals surface area contributed by atoms with Crippen molar-refractivity contribution in [3.05, 3.63) is 0 Å². The normalized spacial score (nSPS) is 45.7. The van der Waals surface area contributed by atoms with Gasteiger partial charge in [-0.2, -0.15) is 0 Å². The first kappa shape index (κ1) is 8.25. The zero-order valence-electron chi connectivity index (χ0n) is 8.34. The van der Waals surface area contributed by atoms with E-state index in [4.69, 9.17) is 0 Å². The van der Waals surface area contributed by atoms with Crippen molar-refractivity contribution < 1.29 is 0 Å². The molecule has 0 aromatic rings. The highest BCUT2D eigenvalue weighted by atomic mass is 15.2. The fourth-order valence-corrected chi connectivity index (χ4v) is 3.65. The first-order chi connectivity index (χ1) is 6.45. The molecule has 2 aliphatic heterocycles. The van der Waals surface area contributed by atoms with E-state index >= 15 is 0 Å². The molecule has 0 aromatic heterocycles. The summed E-state index contributed by atoms with van der Waals surface area (Å²) in [5, 5.41) is 3.55. The van der Waals surface area contributed by atoms with Gasteiger partial charge in [-0.05, 0) is 63.7 Å². The summed E-state index contributed by atoms with van der Waals surface area (Å²) in [4.78, 5) is 2.76. The van der Waals surface area contributed by atoms with E-state index in [0.717, 1.165) is 17.9 Å². The van der Waals surface area contributed by atoms with Crippen LogP contribution in [-0.2, 0) is 0 Å². The summed E-state index contributed by atoms with van der Waals surface area (Å²) in [6.45, 7) is 5.36. The van der Waals surface area contributed by atoms with Crippen molar-refractivity contribution in [2.24, 2.45) is 11.8 Å². The Hall–Kier alpha value is -0.0800. The highest BCUT2D eigenvalue weighted by Crippen LogP contribution is 2.38. The molecule has 74 valence electrons. The third kappa shape index (κ3) is 1.31. The summed E-state index contributed by atoms with van der Waals surface area (Å²) < 4.78 is 0. The lowest BCUT2D eigenvalue weighted by molar-refractivity contribution is 0.196. The molecule has 0 radical (unpaired) electrons. The highest BCUT2D eigenvalue weighted by Gasteiger charge is 2.42. The second-order valence-corrected chi connectivity index (χ2v) is 4.97.